The van der Waals surface area contributed by atoms with Crippen LogP contribution in [0.4, 0.5) is 8.39 Å². The Morgan fingerprint density at radius 3 is 1.75 bits per heavy atom. The third-order valence-corrected chi connectivity index (χ3v) is 9.97. The van der Waals surface area contributed by atoms with Gasteiger partial charge in [0.2, 0.25) is 0 Å². The van der Waals surface area contributed by atoms with Crippen LogP contribution in [0.25, 0.3) is 0 Å². The molecule has 0 nitrogen and oxygen atoms in total. The summed E-state index contributed by atoms with van der Waals surface area (Å²) in [6, 6.07) is 8.42. The van der Waals surface area contributed by atoms with Crippen LogP contribution in [0.5, 0.6) is 0 Å². The molecule has 16 heavy (non-hydrogen) atoms. The van der Waals surface area contributed by atoms with E-state index < -0.39 is 17.5 Å². The molecule has 3 heteroatoms. The normalized spacial score (nSPS) is 30.8. The topological polar surface area (TPSA) is 0 Å². The number of rotatable bonds is 1. The van der Waals surface area contributed by atoms with Gasteiger partial charge in [-0.3, -0.25) is 0 Å². The predicted molar refractivity (Wildman–Crippen MR) is 68.0 cm³/mol. The fourth-order valence-electron chi connectivity index (χ4n) is 3.45. The molecule has 0 amide bonds. The average molecular weight is 244 g/mol. The minimum atomic E-state index is -4.81. The van der Waals surface area contributed by atoms with Crippen molar-refractivity contribution in [2.75, 3.05) is 0 Å². The second-order valence-electron chi connectivity index (χ2n) is 6.04. The molecule has 0 aliphatic carbocycles. The number of hydrogen-bond acceptors (Lipinski definition) is 0. The summed E-state index contributed by atoms with van der Waals surface area (Å²) in [5, 5.41) is -1.43. The molecule has 0 unspecified atom stereocenters. The molecule has 90 valence electrons. The van der Waals surface area contributed by atoms with Crippen molar-refractivity contribution < 1.29 is 8.39 Å². The van der Waals surface area contributed by atoms with Crippen molar-refractivity contribution in [3.8, 4) is 0 Å². The summed E-state index contributed by atoms with van der Waals surface area (Å²) >= 11 is 0. The van der Waals surface area contributed by atoms with Crippen molar-refractivity contribution in [2.24, 2.45) is 0 Å². The first kappa shape index (κ1) is 12.0. The Labute approximate surface area is 96.2 Å². The van der Waals surface area contributed by atoms with Crippen molar-refractivity contribution in [3.63, 3.8) is 0 Å². The van der Waals surface area contributed by atoms with Gasteiger partial charge in [-0.05, 0) is 0 Å². The van der Waals surface area contributed by atoms with Crippen molar-refractivity contribution >= 4 is 12.5 Å². The van der Waals surface area contributed by atoms with Crippen molar-refractivity contribution in [3.05, 3.63) is 30.3 Å². The van der Waals surface area contributed by atoms with Gasteiger partial charge in [-0.15, -0.1) is 0 Å². The Bertz CT molecular complexity index is 403. The Morgan fingerprint density at radius 1 is 0.938 bits per heavy atom. The maximum atomic E-state index is 15.3. The van der Waals surface area contributed by atoms with Crippen LogP contribution < -0.4 is 5.30 Å². The first-order valence-corrected chi connectivity index (χ1v) is 7.64. The average Bonchev–Trinajstić information content (AvgIpc) is 2.17. The second-order valence-corrected chi connectivity index (χ2v) is 10.8. The van der Waals surface area contributed by atoms with Crippen LogP contribution in [0.15, 0.2) is 30.3 Å². The van der Waals surface area contributed by atoms with E-state index in [1.807, 2.05) is 0 Å². The molecule has 0 saturated carbocycles. The van der Waals surface area contributed by atoms with Gasteiger partial charge in [0.1, 0.15) is 0 Å². The molecule has 1 aliphatic rings. The van der Waals surface area contributed by atoms with Gasteiger partial charge in [-0.2, -0.15) is 0 Å². The third kappa shape index (κ3) is 1.02. The van der Waals surface area contributed by atoms with Crippen LogP contribution >= 0.6 is 7.22 Å². The second kappa shape index (κ2) is 2.85. The van der Waals surface area contributed by atoms with Gasteiger partial charge < -0.3 is 0 Å². The zero-order valence-electron chi connectivity index (χ0n) is 10.3. The summed E-state index contributed by atoms with van der Waals surface area (Å²) in [6.45, 7) is 6.85. The summed E-state index contributed by atoms with van der Waals surface area (Å²) in [5.41, 5.74) is 0. The Kier molecular flexibility index (Phi) is 2.13. The van der Waals surface area contributed by atoms with Crippen LogP contribution in [0, 0.1) is 0 Å². The van der Waals surface area contributed by atoms with Gasteiger partial charge in [0.05, 0.1) is 0 Å². The minimum absolute atomic E-state index is 0.273. The predicted octanol–water partition coefficient (Wildman–Crippen LogP) is 4.60. The summed E-state index contributed by atoms with van der Waals surface area (Å²) < 4.78 is 30.7. The molecular formula is C13H19F2P. The van der Waals surface area contributed by atoms with Crippen molar-refractivity contribution in [1.29, 1.82) is 0 Å². The van der Waals surface area contributed by atoms with Gasteiger partial charge >= 0.3 is 95.7 Å². The monoisotopic (exact) mass is 244 g/mol. The molecular weight excluding hydrogens is 225 g/mol. The molecule has 2 rings (SSSR count). The Morgan fingerprint density at radius 2 is 1.38 bits per heavy atom. The van der Waals surface area contributed by atoms with Crippen LogP contribution in [0.2, 0.25) is 0 Å². The van der Waals surface area contributed by atoms with Gasteiger partial charge in [0.25, 0.3) is 0 Å². The van der Waals surface area contributed by atoms with E-state index in [0.29, 0.717) is 6.42 Å². The summed E-state index contributed by atoms with van der Waals surface area (Å²) in [4.78, 5) is 0. The van der Waals surface area contributed by atoms with E-state index in [1.54, 1.807) is 58.0 Å². The Hall–Kier alpha value is -0.490. The zero-order chi connectivity index (χ0) is 12.3. The standard InChI is InChI=1S/C13H19F2P/c1-12(2)10-13(3,4)16(12,14,15)11-8-6-5-7-9-11/h5-9H,10H2,1-4H3. The molecule has 1 fully saturated rings. The molecule has 1 saturated heterocycles. The molecule has 1 aromatic rings. The number of hydrogen-bond donors (Lipinski definition) is 0. The molecule has 0 N–H and O–H groups in total. The molecule has 1 aliphatic heterocycles. The molecule has 1 heterocycles. The van der Waals surface area contributed by atoms with E-state index in [2.05, 4.69) is 0 Å². The molecule has 0 spiro atoms. The van der Waals surface area contributed by atoms with E-state index in [4.69, 9.17) is 0 Å². The van der Waals surface area contributed by atoms with Crippen LogP contribution in [-0.4, -0.2) is 10.3 Å². The molecule has 0 bridgehead atoms. The van der Waals surface area contributed by atoms with E-state index >= 15 is 8.39 Å². The van der Waals surface area contributed by atoms with E-state index in [9.17, 15) is 0 Å². The fourth-order valence-corrected chi connectivity index (χ4v) is 8.26. The summed E-state index contributed by atoms with van der Waals surface area (Å²) in [7, 11) is -4.81. The molecule has 1 aromatic carbocycles. The zero-order valence-corrected chi connectivity index (χ0v) is 11.2. The Balaban J connectivity index is 2.67. The van der Waals surface area contributed by atoms with E-state index in [-0.39, 0.29) is 5.30 Å². The summed E-state index contributed by atoms with van der Waals surface area (Å²) in [5.74, 6) is 0. The van der Waals surface area contributed by atoms with Crippen LogP contribution in [-0.2, 0) is 0 Å². The number of benzene rings is 1. The van der Waals surface area contributed by atoms with Gasteiger partial charge in [0, 0.05) is 0 Å². The van der Waals surface area contributed by atoms with Gasteiger partial charge in [-0.1, -0.05) is 0 Å². The fraction of sp³-hybridized carbons (Fsp3) is 0.538. The summed E-state index contributed by atoms with van der Waals surface area (Å²) in [6.07, 6.45) is 0.597. The van der Waals surface area contributed by atoms with Crippen LogP contribution in [0.3, 0.4) is 0 Å². The van der Waals surface area contributed by atoms with E-state index in [0.717, 1.165) is 0 Å². The quantitative estimate of drug-likeness (QED) is 0.633. The number of halogens is 2. The van der Waals surface area contributed by atoms with Gasteiger partial charge in [0.15, 0.2) is 0 Å². The maximum absolute atomic E-state index is 15.3. The molecule has 0 aromatic heterocycles. The van der Waals surface area contributed by atoms with E-state index in [1.165, 1.54) is 0 Å². The molecule has 0 radical (unpaired) electrons. The first-order valence-electron chi connectivity index (χ1n) is 5.63. The molecule has 0 atom stereocenters. The third-order valence-electron chi connectivity index (χ3n) is 4.20. The SMILES string of the molecule is CC1(C)CC(C)(C)P1(F)(F)c1ccccc1. The first-order chi connectivity index (χ1) is 7.12. The van der Waals surface area contributed by atoms with Crippen LogP contribution in [0.1, 0.15) is 34.1 Å². The van der Waals surface area contributed by atoms with Crippen molar-refractivity contribution in [2.45, 2.75) is 44.4 Å². The van der Waals surface area contributed by atoms with Crippen molar-refractivity contribution in [1.82, 2.24) is 0 Å². The van der Waals surface area contributed by atoms with Gasteiger partial charge in [-0.25, -0.2) is 0 Å².